The van der Waals surface area contributed by atoms with Gasteiger partial charge in [-0.05, 0) is 31.9 Å². The van der Waals surface area contributed by atoms with Crippen LogP contribution < -0.4 is 9.64 Å². The molecule has 1 aliphatic heterocycles. The van der Waals surface area contributed by atoms with E-state index in [1.54, 1.807) is 0 Å². The summed E-state index contributed by atoms with van der Waals surface area (Å²) in [7, 11) is 0. The Morgan fingerprint density at radius 1 is 1.13 bits per heavy atom. The number of benzene rings is 1. The summed E-state index contributed by atoms with van der Waals surface area (Å²) in [5.41, 5.74) is 1.13. The third-order valence-corrected chi connectivity index (χ3v) is 3.99. The van der Waals surface area contributed by atoms with Crippen LogP contribution in [0.1, 0.15) is 38.3 Å². The van der Waals surface area contributed by atoms with Crippen molar-refractivity contribution in [2.24, 2.45) is 0 Å². The molecule has 2 heterocycles. The Balaban J connectivity index is 1.97. The maximum atomic E-state index is 9.43. The summed E-state index contributed by atoms with van der Waals surface area (Å²) < 4.78 is 5.64. The van der Waals surface area contributed by atoms with Gasteiger partial charge in [0.1, 0.15) is 17.5 Å². The number of anilines is 1. The van der Waals surface area contributed by atoms with Crippen LogP contribution in [0.15, 0.2) is 24.3 Å². The van der Waals surface area contributed by atoms with E-state index in [0.717, 1.165) is 37.4 Å². The first-order valence-electron chi connectivity index (χ1n) is 8.18. The first-order valence-corrected chi connectivity index (χ1v) is 8.18. The smallest absolute Gasteiger partial charge is 0.207 e. The number of nitrogens with zero attached hydrogens (tertiary/aromatic N) is 5. The molecule has 0 radical (unpaired) electrons. The van der Waals surface area contributed by atoms with Gasteiger partial charge in [0.2, 0.25) is 5.69 Å². The van der Waals surface area contributed by atoms with Crippen molar-refractivity contribution >= 4 is 5.82 Å². The number of aromatic nitrogens is 3. The second kappa shape index (κ2) is 7.14. The van der Waals surface area contributed by atoms with Crippen molar-refractivity contribution < 1.29 is 4.74 Å². The minimum Gasteiger partial charge on any atom is -0.492 e. The third kappa shape index (κ3) is 3.29. The molecule has 0 amide bonds. The van der Waals surface area contributed by atoms with E-state index in [9.17, 15) is 5.26 Å². The van der Waals surface area contributed by atoms with Gasteiger partial charge in [-0.15, -0.1) is 15.0 Å². The molecule has 0 bridgehead atoms. The number of hydrogen-bond acceptors (Lipinski definition) is 5. The number of hydrogen-bond donors (Lipinski definition) is 0. The highest BCUT2D eigenvalue weighted by molar-refractivity contribution is 5.52. The molecule has 0 saturated carbocycles. The molecule has 6 heteroatoms. The van der Waals surface area contributed by atoms with Gasteiger partial charge < -0.3 is 9.64 Å². The Bertz CT molecular complexity index is 695. The van der Waals surface area contributed by atoms with Gasteiger partial charge >= 0.3 is 0 Å². The van der Waals surface area contributed by atoms with Crippen LogP contribution in [0.2, 0.25) is 0 Å². The van der Waals surface area contributed by atoms with Gasteiger partial charge in [-0.3, -0.25) is 0 Å². The Hall–Kier alpha value is -2.55. The van der Waals surface area contributed by atoms with Crippen molar-refractivity contribution in [2.45, 2.75) is 32.6 Å². The normalized spacial score (nSPS) is 15.0. The monoisotopic (exact) mass is 311 g/mol. The second-order valence-corrected chi connectivity index (χ2v) is 5.58. The predicted molar refractivity (Wildman–Crippen MR) is 87.9 cm³/mol. The molecule has 1 aliphatic rings. The molecular formula is C17H21N5O. The van der Waals surface area contributed by atoms with Crippen LogP contribution in [0.5, 0.6) is 5.75 Å². The van der Waals surface area contributed by atoms with Gasteiger partial charge in [0.05, 0.1) is 6.61 Å². The topological polar surface area (TPSA) is 67.0 Å². The fourth-order valence-electron chi connectivity index (χ4n) is 2.87. The average Bonchev–Trinajstić information content (AvgIpc) is 2.82. The van der Waals surface area contributed by atoms with Gasteiger partial charge in [0.25, 0.3) is 0 Å². The van der Waals surface area contributed by atoms with E-state index >= 15 is 0 Å². The lowest BCUT2D eigenvalue weighted by Crippen LogP contribution is -2.25. The summed E-state index contributed by atoms with van der Waals surface area (Å²) in [4.78, 5) is 3.70. The van der Waals surface area contributed by atoms with Crippen molar-refractivity contribution in [1.82, 2.24) is 15.0 Å². The zero-order chi connectivity index (χ0) is 16.1. The highest BCUT2D eigenvalue weighted by atomic mass is 16.5. The van der Waals surface area contributed by atoms with Crippen LogP contribution in [0.3, 0.4) is 0 Å². The van der Waals surface area contributed by atoms with Gasteiger partial charge in [-0.25, -0.2) is 0 Å². The summed E-state index contributed by atoms with van der Waals surface area (Å²) >= 11 is 0. The van der Waals surface area contributed by atoms with E-state index < -0.39 is 0 Å². The van der Waals surface area contributed by atoms with E-state index in [0.29, 0.717) is 18.1 Å². The minimum absolute atomic E-state index is 0.373. The van der Waals surface area contributed by atoms with E-state index in [4.69, 9.17) is 4.74 Å². The number of rotatable bonds is 4. The molecule has 1 fully saturated rings. The quantitative estimate of drug-likeness (QED) is 0.868. The fraction of sp³-hybridized carbons (Fsp3) is 0.471. The van der Waals surface area contributed by atoms with Crippen LogP contribution >= 0.6 is 0 Å². The minimum atomic E-state index is 0.373. The molecule has 23 heavy (non-hydrogen) atoms. The van der Waals surface area contributed by atoms with Crippen LogP contribution in [0.4, 0.5) is 5.82 Å². The predicted octanol–water partition coefficient (Wildman–Crippen LogP) is 2.92. The van der Waals surface area contributed by atoms with Crippen LogP contribution in [0.25, 0.3) is 5.69 Å². The summed E-state index contributed by atoms with van der Waals surface area (Å²) in [6.07, 6.45) is 4.74. The van der Waals surface area contributed by atoms with Crippen LogP contribution in [0, 0.1) is 11.3 Å². The highest BCUT2D eigenvalue weighted by Crippen LogP contribution is 2.25. The third-order valence-electron chi connectivity index (χ3n) is 3.99. The maximum Gasteiger partial charge on any atom is 0.207 e. The van der Waals surface area contributed by atoms with E-state index in [1.807, 2.05) is 31.2 Å². The average molecular weight is 311 g/mol. The lowest BCUT2D eigenvalue weighted by Gasteiger charge is -2.19. The van der Waals surface area contributed by atoms with Gasteiger partial charge in [-0.1, -0.05) is 25.0 Å². The molecule has 0 spiro atoms. The summed E-state index contributed by atoms with van der Waals surface area (Å²) in [5.74, 6) is 1.40. The first-order chi connectivity index (χ1) is 11.3. The molecule has 3 rings (SSSR count). The Morgan fingerprint density at radius 3 is 2.57 bits per heavy atom. The first kappa shape index (κ1) is 15.3. The molecule has 120 valence electrons. The van der Waals surface area contributed by atoms with Crippen molar-refractivity contribution in [2.75, 3.05) is 24.6 Å². The summed E-state index contributed by atoms with van der Waals surface area (Å²) in [6.45, 7) is 4.37. The van der Waals surface area contributed by atoms with Crippen molar-refractivity contribution in [3.05, 3.63) is 30.0 Å². The number of nitriles is 1. The Kier molecular flexibility index (Phi) is 4.77. The van der Waals surface area contributed by atoms with Crippen molar-refractivity contribution in [3.8, 4) is 17.5 Å². The van der Waals surface area contributed by atoms with Gasteiger partial charge in [0, 0.05) is 13.1 Å². The van der Waals surface area contributed by atoms with Gasteiger partial charge in [0.15, 0.2) is 5.82 Å². The molecule has 2 aromatic rings. The van der Waals surface area contributed by atoms with E-state index in [1.165, 1.54) is 17.6 Å². The summed E-state index contributed by atoms with van der Waals surface area (Å²) in [5, 5.41) is 18.4. The molecule has 0 aliphatic carbocycles. The summed E-state index contributed by atoms with van der Waals surface area (Å²) in [6, 6.07) is 9.80. The molecule has 0 N–H and O–H groups in total. The maximum absolute atomic E-state index is 9.43. The van der Waals surface area contributed by atoms with Gasteiger partial charge in [-0.2, -0.15) is 5.26 Å². The lowest BCUT2D eigenvalue weighted by atomic mass is 10.2. The molecule has 1 saturated heterocycles. The standard InChI is InChI=1S/C17H21N5O/c1-2-23-16-10-6-5-9-15(16)22-19-14(13-18)17(20-22)21-11-7-3-4-8-12-21/h5-6,9-10H,2-4,7-8,11-12H2,1H3. The van der Waals surface area contributed by atoms with Crippen molar-refractivity contribution in [3.63, 3.8) is 0 Å². The number of para-hydroxylation sites is 2. The molecule has 0 atom stereocenters. The second-order valence-electron chi connectivity index (χ2n) is 5.58. The zero-order valence-corrected chi connectivity index (χ0v) is 13.4. The highest BCUT2D eigenvalue weighted by Gasteiger charge is 2.20. The van der Waals surface area contributed by atoms with Crippen LogP contribution in [-0.4, -0.2) is 34.7 Å². The van der Waals surface area contributed by atoms with Crippen molar-refractivity contribution in [1.29, 1.82) is 5.26 Å². The fourth-order valence-corrected chi connectivity index (χ4v) is 2.87. The SMILES string of the molecule is CCOc1ccccc1-n1nc(C#N)c(N2CCCCCC2)n1. The largest absolute Gasteiger partial charge is 0.492 e. The zero-order valence-electron chi connectivity index (χ0n) is 13.4. The molecule has 1 aromatic heterocycles. The molecular weight excluding hydrogens is 290 g/mol. The van der Waals surface area contributed by atoms with E-state index in [-0.39, 0.29) is 0 Å². The lowest BCUT2D eigenvalue weighted by molar-refractivity contribution is 0.337. The Morgan fingerprint density at radius 2 is 1.87 bits per heavy atom. The van der Waals surface area contributed by atoms with Crippen LogP contribution in [-0.2, 0) is 0 Å². The Labute approximate surface area is 136 Å². The molecule has 6 nitrogen and oxygen atoms in total. The molecule has 1 aromatic carbocycles. The number of ether oxygens (including phenoxy) is 1. The van der Waals surface area contributed by atoms with E-state index in [2.05, 4.69) is 21.2 Å². The molecule has 0 unspecified atom stereocenters.